The number of pyridine rings is 1. The quantitative estimate of drug-likeness (QED) is 0.535. The molecule has 0 aliphatic carbocycles. The second-order valence-corrected chi connectivity index (χ2v) is 2.23. The van der Waals surface area contributed by atoms with E-state index in [0.717, 1.165) is 0 Å². The number of rotatable bonds is 0. The SMILES string of the molecule is Oc1cccnc1[As]. The molecule has 1 N–H and O–H groups in total. The van der Waals surface area contributed by atoms with Crippen LogP contribution in [0.2, 0.25) is 0 Å². The molecule has 0 unspecified atom stereocenters. The molecule has 0 saturated carbocycles. The van der Waals surface area contributed by atoms with Crippen LogP contribution in [0.3, 0.4) is 0 Å². The Morgan fingerprint density at radius 1 is 1.62 bits per heavy atom. The molecule has 0 aliphatic rings. The third-order valence-corrected chi connectivity index (χ3v) is 1.49. The van der Waals surface area contributed by atoms with Gasteiger partial charge in [0, 0.05) is 0 Å². The average Bonchev–Trinajstić information content (AvgIpc) is 1.77. The summed E-state index contributed by atoms with van der Waals surface area (Å²) in [7, 11) is 0. The molecule has 1 rings (SSSR count). The fourth-order valence-electron chi connectivity index (χ4n) is 0.388. The fourth-order valence-corrected chi connectivity index (χ4v) is 0.685. The van der Waals surface area contributed by atoms with E-state index >= 15 is 0 Å². The average molecular weight is 169 g/mol. The van der Waals surface area contributed by atoms with Crippen LogP contribution in [-0.2, 0) is 0 Å². The topological polar surface area (TPSA) is 33.1 Å². The zero-order chi connectivity index (χ0) is 5.98. The Bertz CT molecular complexity index is 169. The summed E-state index contributed by atoms with van der Waals surface area (Å²) in [5.41, 5.74) is 0. The molecule has 0 atom stereocenters. The van der Waals surface area contributed by atoms with Gasteiger partial charge >= 0.3 is 55.5 Å². The summed E-state index contributed by atoms with van der Waals surface area (Å²) >= 11 is 2.18. The van der Waals surface area contributed by atoms with Crippen molar-refractivity contribution in [2.45, 2.75) is 0 Å². The molecule has 1 heterocycles. The van der Waals surface area contributed by atoms with Crippen LogP contribution in [0.5, 0.6) is 5.75 Å². The predicted molar refractivity (Wildman–Crippen MR) is 31.3 cm³/mol. The predicted octanol–water partition coefficient (Wildman–Crippen LogP) is -0.419. The molecule has 2 radical (unpaired) electrons. The van der Waals surface area contributed by atoms with E-state index in [0.29, 0.717) is 4.48 Å². The van der Waals surface area contributed by atoms with Crippen molar-refractivity contribution in [3.05, 3.63) is 18.3 Å². The Hall–Kier alpha value is -0.492. The molecule has 0 amide bonds. The van der Waals surface area contributed by atoms with Gasteiger partial charge < -0.3 is 0 Å². The van der Waals surface area contributed by atoms with E-state index in [2.05, 4.69) is 21.8 Å². The van der Waals surface area contributed by atoms with E-state index in [1.807, 2.05) is 0 Å². The van der Waals surface area contributed by atoms with Gasteiger partial charge in [-0.2, -0.15) is 0 Å². The molecule has 3 heteroatoms. The number of aromatic hydroxyl groups is 1. The summed E-state index contributed by atoms with van der Waals surface area (Å²) in [6, 6.07) is 3.28. The summed E-state index contributed by atoms with van der Waals surface area (Å²) in [6.45, 7) is 0. The van der Waals surface area contributed by atoms with Crippen molar-refractivity contribution in [1.29, 1.82) is 0 Å². The maximum absolute atomic E-state index is 8.84. The van der Waals surface area contributed by atoms with E-state index < -0.39 is 0 Å². The van der Waals surface area contributed by atoms with Gasteiger partial charge in [-0.25, -0.2) is 0 Å². The summed E-state index contributed by atoms with van der Waals surface area (Å²) in [6.07, 6.45) is 1.63. The van der Waals surface area contributed by atoms with Crippen LogP contribution in [-0.4, -0.2) is 26.9 Å². The van der Waals surface area contributed by atoms with E-state index in [4.69, 9.17) is 5.11 Å². The molecule has 1 aromatic rings. The molecule has 0 aromatic carbocycles. The van der Waals surface area contributed by atoms with Gasteiger partial charge in [-0.15, -0.1) is 0 Å². The normalized spacial score (nSPS) is 9.12. The van der Waals surface area contributed by atoms with Crippen molar-refractivity contribution < 1.29 is 5.11 Å². The van der Waals surface area contributed by atoms with E-state index in [1.165, 1.54) is 0 Å². The fraction of sp³-hybridized carbons (Fsp3) is 0. The van der Waals surface area contributed by atoms with Gasteiger partial charge in [-0.1, -0.05) is 0 Å². The molecule has 0 fully saturated rings. The number of aromatic nitrogens is 1. The van der Waals surface area contributed by atoms with Crippen LogP contribution in [0.4, 0.5) is 0 Å². The Labute approximate surface area is 56.1 Å². The Morgan fingerprint density at radius 3 is 2.75 bits per heavy atom. The Balaban J connectivity index is 3.13. The zero-order valence-corrected chi connectivity index (χ0v) is 5.95. The zero-order valence-electron chi connectivity index (χ0n) is 4.07. The van der Waals surface area contributed by atoms with Crippen molar-refractivity contribution >= 4 is 21.3 Å². The monoisotopic (exact) mass is 169 g/mol. The van der Waals surface area contributed by atoms with Crippen LogP contribution in [0.25, 0.3) is 0 Å². The van der Waals surface area contributed by atoms with E-state index in [1.54, 1.807) is 18.3 Å². The van der Waals surface area contributed by atoms with Crippen LogP contribution in [0.1, 0.15) is 0 Å². The summed E-state index contributed by atoms with van der Waals surface area (Å²) in [4.78, 5) is 3.80. The van der Waals surface area contributed by atoms with E-state index in [-0.39, 0.29) is 5.75 Å². The van der Waals surface area contributed by atoms with Gasteiger partial charge in [-0.3, -0.25) is 0 Å². The first-order valence-corrected chi connectivity index (χ1v) is 3.07. The van der Waals surface area contributed by atoms with Crippen LogP contribution in [0.15, 0.2) is 18.3 Å². The molecule has 0 spiro atoms. The molecule has 0 bridgehead atoms. The Morgan fingerprint density at radius 2 is 2.38 bits per heavy atom. The first kappa shape index (κ1) is 5.64. The minimum atomic E-state index is 0.229. The van der Waals surface area contributed by atoms with Crippen molar-refractivity contribution in [2.24, 2.45) is 0 Å². The minimum absolute atomic E-state index is 0.229. The second kappa shape index (κ2) is 2.18. The third-order valence-electron chi connectivity index (χ3n) is 0.766. The molecule has 8 heavy (non-hydrogen) atoms. The molecule has 1 aromatic heterocycles. The van der Waals surface area contributed by atoms with Crippen molar-refractivity contribution in [2.75, 3.05) is 0 Å². The maximum atomic E-state index is 8.84. The van der Waals surface area contributed by atoms with Crippen molar-refractivity contribution in [3.8, 4) is 5.75 Å². The van der Waals surface area contributed by atoms with Crippen LogP contribution in [0, 0.1) is 0 Å². The summed E-state index contributed by atoms with van der Waals surface area (Å²) < 4.78 is 0.611. The summed E-state index contributed by atoms with van der Waals surface area (Å²) in [5.74, 6) is 0.229. The summed E-state index contributed by atoms with van der Waals surface area (Å²) in [5, 5.41) is 8.84. The van der Waals surface area contributed by atoms with Gasteiger partial charge in [-0.05, 0) is 0 Å². The molecular formula is C5H4AsNO. The van der Waals surface area contributed by atoms with E-state index in [9.17, 15) is 0 Å². The Kier molecular flexibility index (Phi) is 1.54. The van der Waals surface area contributed by atoms with Gasteiger partial charge in [0.25, 0.3) is 0 Å². The molecule has 0 saturated heterocycles. The molecular weight excluding hydrogens is 165 g/mol. The van der Waals surface area contributed by atoms with Gasteiger partial charge in [0.15, 0.2) is 0 Å². The number of hydrogen-bond donors (Lipinski definition) is 1. The van der Waals surface area contributed by atoms with Gasteiger partial charge in [0.1, 0.15) is 0 Å². The molecule has 2 nitrogen and oxygen atoms in total. The number of nitrogens with zero attached hydrogens (tertiary/aromatic N) is 1. The first-order chi connectivity index (χ1) is 3.80. The number of hydrogen-bond acceptors (Lipinski definition) is 2. The van der Waals surface area contributed by atoms with Crippen molar-refractivity contribution in [1.82, 2.24) is 4.98 Å². The standard InChI is InChI=1S/C5H4AsNO/c6-5-4(8)2-1-3-7-5/h1-3,8H. The second-order valence-electron chi connectivity index (χ2n) is 1.35. The first-order valence-electron chi connectivity index (χ1n) is 2.13. The molecule has 0 aliphatic heterocycles. The van der Waals surface area contributed by atoms with Crippen molar-refractivity contribution in [3.63, 3.8) is 0 Å². The molecule has 40 valence electrons. The third kappa shape index (κ3) is 1.01. The van der Waals surface area contributed by atoms with Gasteiger partial charge in [0.05, 0.1) is 0 Å². The van der Waals surface area contributed by atoms with Crippen LogP contribution >= 0.6 is 0 Å². The van der Waals surface area contributed by atoms with Crippen LogP contribution < -0.4 is 4.48 Å². The van der Waals surface area contributed by atoms with Gasteiger partial charge in [0.2, 0.25) is 0 Å².